The van der Waals surface area contributed by atoms with Crippen molar-refractivity contribution in [3.8, 4) is 66.8 Å². The molecule has 11 rings (SSSR count). The third-order valence-electron chi connectivity index (χ3n) is 14.6. The molecule has 0 heterocycles. The van der Waals surface area contributed by atoms with Gasteiger partial charge in [0.15, 0.2) is 0 Å². The summed E-state index contributed by atoms with van der Waals surface area (Å²) in [6, 6.07) is 79.1. The van der Waals surface area contributed by atoms with Gasteiger partial charge in [-0.15, -0.1) is 0 Å². The Morgan fingerprint density at radius 3 is 1.05 bits per heavy atom. The molecule has 0 fully saturated rings. The lowest BCUT2D eigenvalue weighted by atomic mass is 9.77. The molecule has 0 radical (unpaired) electrons. The van der Waals surface area contributed by atoms with Gasteiger partial charge in [-0.05, 0) is 156 Å². The summed E-state index contributed by atoms with van der Waals surface area (Å²) in [6.45, 7) is 9.52. The van der Waals surface area contributed by atoms with Gasteiger partial charge in [0.25, 0.3) is 0 Å². The van der Waals surface area contributed by atoms with Crippen LogP contribution in [0.3, 0.4) is 0 Å². The molecule has 63 heavy (non-hydrogen) atoms. The average molecular weight is 810 g/mol. The van der Waals surface area contributed by atoms with Gasteiger partial charge in [-0.3, -0.25) is 0 Å². The molecule has 0 aromatic heterocycles. The molecule has 0 spiro atoms. The van der Waals surface area contributed by atoms with Gasteiger partial charge in [-0.2, -0.15) is 0 Å². The molecule has 304 valence electrons. The van der Waals surface area contributed by atoms with Crippen LogP contribution in [-0.2, 0) is 10.8 Å². The van der Waals surface area contributed by atoms with Crippen molar-refractivity contribution in [1.29, 1.82) is 0 Å². The minimum atomic E-state index is -0.0605. The van der Waals surface area contributed by atoms with Gasteiger partial charge in [0.2, 0.25) is 0 Å². The van der Waals surface area contributed by atoms with E-state index in [1.165, 1.54) is 89.0 Å². The second kappa shape index (κ2) is 15.3. The van der Waals surface area contributed by atoms with Crippen LogP contribution in [0, 0.1) is 0 Å². The minimum Gasteiger partial charge on any atom is -0.310 e. The van der Waals surface area contributed by atoms with E-state index in [1.807, 2.05) is 0 Å². The summed E-state index contributed by atoms with van der Waals surface area (Å²) in [5.74, 6) is 0. The number of fused-ring (bicyclic) bond motifs is 6. The molecule has 2 unspecified atom stereocenters. The first-order valence-electron chi connectivity index (χ1n) is 22.6. The third kappa shape index (κ3) is 6.37. The fraction of sp³-hybridized carbons (Fsp3) is 0.129. The summed E-state index contributed by atoms with van der Waals surface area (Å²) in [7, 11) is 0. The van der Waals surface area contributed by atoms with Crippen LogP contribution in [0.2, 0.25) is 0 Å². The Labute approximate surface area is 373 Å². The molecule has 0 saturated heterocycles. The number of benzene rings is 9. The van der Waals surface area contributed by atoms with Crippen molar-refractivity contribution in [2.45, 2.75) is 51.4 Å². The number of nitrogens with zero attached hydrogens (tertiary/aromatic N) is 1. The molecular formula is C62H51N. The van der Waals surface area contributed by atoms with Crippen LogP contribution in [0.4, 0.5) is 17.1 Å². The van der Waals surface area contributed by atoms with E-state index in [0.717, 1.165) is 29.9 Å². The van der Waals surface area contributed by atoms with E-state index >= 15 is 0 Å². The molecule has 0 saturated carbocycles. The van der Waals surface area contributed by atoms with Crippen molar-refractivity contribution in [2.24, 2.45) is 0 Å². The van der Waals surface area contributed by atoms with Gasteiger partial charge < -0.3 is 4.90 Å². The average Bonchev–Trinajstić information content (AvgIpc) is 3.77. The van der Waals surface area contributed by atoms with Crippen LogP contribution in [0.25, 0.3) is 66.8 Å². The predicted octanol–water partition coefficient (Wildman–Crippen LogP) is 17.2. The first-order chi connectivity index (χ1) is 30.9. The molecule has 0 bridgehead atoms. The summed E-state index contributed by atoms with van der Waals surface area (Å²) in [5, 5.41) is 0. The zero-order valence-corrected chi connectivity index (χ0v) is 36.6. The molecule has 0 N–H and O–H groups in total. The quantitative estimate of drug-likeness (QED) is 0.140. The molecule has 2 atom stereocenters. The molecule has 0 amide bonds. The van der Waals surface area contributed by atoms with Crippen molar-refractivity contribution < 1.29 is 0 Å². The van der Waals surface area contributed by atoms with Crippen molar-refractivity contribution >= 4 is 17.1 Å². The number of hydrogen-bond acceptors (Lipinski definition) is 1. The highest BCUT2D eigenvalue weighted by Gasteiger charge is 2.39. The van der Waals surface area contributed by atoms with E-state index in [-0.39, 0.29) is 10.8 Å². The molecule has 9 aromatic rings. The fourth-order valence-corrected chi connectivity index (χ4v) is 10.7. The largest absolute Gasteiger partial charge is 0.310 e. The molecular weight excluding hydrogens is 759 g/mol. The summed E-state index contributed by atoms with van der Waals surface area (Å²) >= 11 is 0. The van der Waals surface area contributed by atoms with Gasteiger partial charge in [-0.1, -0.05) is 185 Å². The van der Waals surface area contributed by atoms with E-state index in [0.29, 0.717) is 0 Å². The second-order valence-corrected chi connectivity index (χ2v) is 17.9. The zero-order valence-electron chi connectivity index (χ0n) is 36.6. The first kappa shape index (κ1) is 38.7. The van der Waals surface area contributed by atoms with E-state index < -0.39 is 0 Å². The van der Waals surface area contributed by atoms with Crippen molar-refractivity contribution in [1.82, 2.24) is 0 Å². The lowest BCUT2D eigenvalue weighted by molar-refractivity contribution is 0.564. The SMILES string of the molecule is CCC1(C)c2ccccc2-c2ccc(-c3cc(-c4ccc5c(c4)C(C)(CC)c4ccccc4-5)cc(N(c4ccc(-c5ccccc5)cc4)c4ccc(-c5ccccc5)cc4)c3)cc21. The molecule has 9 aromatic carbocycles. The van der Waals surface area contributed by atoms with Crippen molar-refractivity contribution in [3.05, 3.63) is 235 Å². The van der Waals surface area contributed by atoms with E-state index in [4.69, 9.17) is 0 Å². The zero-order chi connectivity index (χ0) is 42.7. The lowest BCUT2D eigenvalue weighted by Gasteiger charge is -2.28. The predicted molar refractivity (Wildman–Crippen MR) is 267 cm³/mol. The molecule has 1 heteroatoms. The summed E-state index contributed by atoms with van der Waals surface area (Å²) in [4.78, 5) is 2.44. The Bertz CT molecular complexity index is 2930. The minimum absolute atomic E-state index is 0.0605. The Balaban J connectivity index is 1.12. The van der Waals surface area contributed by atoms with Gasteiger partial charge in [0.05, 0.1) is 0 Å². The monoisotopic (exact) mass is 809 g/mol. The van der Waals surface area contributed by atoms with Crippen LogP contribution < -0.4 is 4.90 Å². The van der Waals surface area contributed by atoms with Crippen LogP contribution in [0.1, 0.15) is 62.8 Å². The Morgan fingerprint density at radius 1 is 0.286 bits per heavy atom. The van der Waals surface area contributed by atoms with Gasteiger partial charge in [-0.25, -0.2) is 0 Å². The number of hydrogen-bond donors (Lipinski definition) is 0. The van der Waals surface area contributed by atoms with Crippen LogP contribution in [0.15, 0.2) is 212 Å². The van der Waals surface area contributed by atoms with Crippen molar-refractivity contribution in [2.75, 3.05) is 4.90 Å². The smallest absolute Gasteiger partial charge is 0.0473 e. The Hall–Kier alpha value is -7.22. The number of rotatable bonds is 9. The Morgan fingerprint density at radius 2 is 0.635 bits per heavy atom. The maximum Gasteiger partial charge on any atom is 0.0473 e. The maximum absolute atomic E-state index is 2.49. The lowest BCUT2D eigenvalue weighted by Crippen LogP contribution is -2.19. The molecule has 2 aliphatic rings. The molecule has 1 nitrogen and oxygen atoms in total. The highest BCUT2D eigenvalue weighted by atomic mass is 15.1. The van der Waals surface area contributed by atoms with Crippen LogP contribution >= 0.6 is 0 Å². The summed E-state index contributed by atoms with van der Waals surface area (Å²) in [5.41, 5.74) is 24.0. The standard InChI is InChI=1S/C62H51N/c1-5-61(3)57-23-15-13-21-53(57)55-35-29-46(40-59(55)61)48-37-49(47-30-36-56-54-22-14-16-24-58(54)62(4,6-2)60(56)41-47)39-52(38-48)63(50-31-25-44(26-32-50)42-17-9-7-10-18-42)51-33-27-45(28-34-51)43-19-11-8-12-20-43/h7-41H,5-6H2,1-4H3. The van der Waals surface area contributed by atoms with E-state index in [9.17, 15) is 0 Å². The molecule has 0 aliphatic heterocycles. The summed E-state index contributed by atoms with van der Waals surface area (Å²) < 4.78 is 0. The van der Waals surface area contributed by atoms with Gasteiger partial charge >= 0.3 is 0 Å². The second-order valence-electron chi connectivity index (χ2n) is 17.9. The van der Waals surface area contributed by atoms with E-state index in [2.05, 4.69) is 245 Å². The van der Waals surface area contributed by atoms with Gasteiger partial charge in [0.1, 0.15) is 0 Å². The topological polar surface area (TPSA) is 3.24 Å². The van der Waals surface area contributed by atoms with Crippen molar-refractivity contribution in [3.63, 3.8) is 0 Å². The Kier molecular flexibility index (Phi) is 9.39. The normalized spacial score (nSPS) is 16.8. The summed E-state index contributed by atoms with van der Waals surface area (Å²) in [6.07, 6.45) is 2.07. The number of anilines is 3. The van der Waals surface area contributed by atoms with Gasteiger partial charge in [0, 0.05) is 27.9 Å². The fourth-order valence-electron chi connectivity index (χ4n) is 10.7. The highest BCUT2D eigenvalue weighted by molar-refractivity contribution is 5.90. The van der Waals surface area contributed by atoms with Crippen LogP contribution in [-0.4, -0.2) is 0 Å². The molecule has 2 aliphatic carbocycles. The maximum atomic E-state index is 2.49. The van der Waals surface area contributed by atoms with Crippen LogP contribution in [0.5, 0.6) is 0 Å². The highest BCUT2D eigenvalue weighted by Crippen LogP contribution is 2.54. The van der Waals surface area contributed by atoms with E-state index in [1.54, 1.807) is 0 Å². The third-order valence-corrected chi connectivity index (χ3v) is 14.6. The first-order valence-corrected chi connectivity index (χ1v) is 22.6.